The van der Waals surface area contributed by atoms with Crippen molar-refractivity contribution in [3.05, 3.63) is 48.5 Å². The Balaban J connectivity index is 1.81. The van der Waals surface area contributed by atoms with Crippen LogP contribution in [0.4, 0.5) is 0 Å². The lowest BCUT2D eigenvalue weighted by Gasteiger charge is -2.37. The maximum Gasteiger partial charge on any atom is 0.309 e. The predicted octanol–water partition coefficient (Wildman–Crippen LogP) is 2.50. The van der Waals surface area contributed by atoms with E-state index in [0.717, 1.165) is 22.2 Å². The summed E-state index contributed by atoms with van der Waals surface area (Å²) in [6, 6.07) is 16.4. The highest BCUT2D eigenvalue weighted by Crippen LogP contribution is 2.24. The predicted molar refractivity (Wildman–Crippen MR) is 95.9 cm³/mol. The van der Waals surface area contributed by atoms with Crippen LogP contribution in [-0.2, 0) is 4.65 Å². The summed E-state index contributed by atoms with van der Waals surface area (Å²) >= 11 is 0. The number of H-pyrrole nitrogens is 1. The molecule has 0 aliphatic carbocycles. The van der Waals surface area contributed by atoms with Gasteiger partial charge in [0, 0.05) is 0 Å². The van der Waals surface area contributed by atoms with E-state index in [4.69, 9.17) is 4.65 Å². The van der Waals surface area contributed by atoms with Crippen molar-refractivity contribution >= 4 is 24.0 Å². The van der Waals surface area contributed by atoms with E-state index in [9.17, 15) is 5.11 Å². The molecule has 1 aromatic heterocycles. The van der Waals surface area contributed by atoms with E-state index in [-0.39, 0.29) is 0 Å². The van der Waals surface area contributed by atoms with Gasteiger partial charge in [-0.05, 0) is 52.0 Å². The molecule has 120 valence electrons. The highest BCUT2D eigenvalue weighted by Gasteiger charge is 2.35. The second-order valence-electron chi connectivity index (χ2n) is 6.99. The van der Waals surface area contributed by atoms with E-state index in [1.807, 2.05) is 32.0 Å². The molecule has 0 fully saturated rings. The molecule has 0 aliphatic heterocycles. The standard InChI is InChI=1S/C18H23BN2O2/c1-17(2,22)18(3,4)23-19-13-10-11-15-16(12-13)21(20-15)14-8-6-5-7-9-14/h5-12,19-20,22H,1-4H3. The fourth-order valence-electron chi connectivity index (χ4n) is 2.30. The maximum absolute atomic E-state index is 10.2. The summed E-state index contributed by atoms with van der Waals surface area (Å²) in [5, 5.41) is 13.5. The monoisotopic (exact) mass is 310 g/mol. The van der Waals surface area contributed by atoms with Gasteiger partial charge in [0.1, 0.15) is 0 Å². The van der Waals surface area contributed by atoms with E-state index < -0.39 is 11.2 Å². The van der Waals surface area contributed by atoms with E-state index in [2.05, 4.69) is 40.1 Å². The topological polar surface area (TPSA) is 50.2 Å². The van der Waals surface area contributed by atoms with Crippen molar-refractivity contribution in [3.63, 3.8) is 0 Å². The molecule has 0 atom stereocenters. The fourth-order valence-corrected chi connectivity index (χ4v) is 2.30. The summed E-state index contributed by atoms with van der Waals surface area (Å²) < 4.78 is 8.01. The lowest BCUT2D eigenvalue weighted by Crippen LogP contribution is -2.49. The number of aromatic amines is 1. The third-order valence-electron chi connectivity index (χ3n) is 4.62. The summed E-state index contributed by atoms with van der Waals surface area (Å²) in [7, 11) is 0.465. The first kappa shape index (κ1) is 15.9. The Kier molecular flexibility index (Phi) is 3.86. The first-order chi connectivity index (χ1) is 10.8. The lowest BCUT2D eigenvalue weighted by atomic mass is 9.82. The highest BCUT2D eigenvalue weighted by molar-refractivity contribution is 6.47. The minimum atomic E-state index is -0.898. The molecule has 0 saturated carbocycles. The summed E-state index contributed by atoms with van der Waals surface area (Å²) in [5.74, 6) is 0. The summed E-state index contributed by atoms with van der Waals surface area (Å²) in [6.07, 6.45) is 0. The van der Waals surface area contributed by atoms with Crippen LogP contribution in [0, 0.1) is 0 Å². The minimum Gasteiger partial charge on any atom is -0.427 e. The molecule has 0 spiro atoms. The van der Waals surface area contributed by atoms with Gasteiger partial charge in [-0.25, -0.2) is 0 Å². The van der Waals surface area contributed by atoms with Crippen LogP contribution in [0.2, 0.25) is 0 Å². The number of hydrogen-bond acceptors (Lipinski definition) is 2. The van der Waals surface area contributed by atoms with E-state index in [1.54, 1.807) is 13.8 Å². The van der Waals surface area contributed by atoms with Gasteiger partial charge < -0.3 is 9.76 Å². The van der Waals surface area contributed by atoms with Gasteiger partial charge in [-0.2, -0.15) is 0 Å². The van der Waals surface area contributed by atoms with Crippen LogP contribution in [0.25, 0.3) is 16.7 Å². The van der Waals surface area contributed by atoms with Gasteiger partial charge in [0.2, 0.25) is 0 Å². The zero-order valence-corrected chi connectivity index (χ0v) is 14.1. The summed E-state index contributed by atoms with van der Waals surface area (Å²) in [6.45, 7) is 7.36. The van der Waals surface area contributed by atoms with Crippen molar-refractivity contribution in [1.82, 2.24) is 9.78 Å². The SMILES string of the molecule is CC(C)(O)C(C)(C)OBc1ccc2[nH]n(-c3ccccc3)c2c1. The largest absolute Gasteiger partial charge is 0.427 e. The number of nitrogens with one attached hydrogen (secondary N) is 1. The zero-order chi connectivity index (χ0) is 16.7. The number of nitrogens with zero attached hydrogens (tertiary/aromatic N) is 1. The molecule has 3 rings (SSSR count). The molecule has 1 heterocycles. The molecule has 0 saturated heterocycles. The molecule has 2 N–H and O–H groups in total. The molecule has 0 amide bonds. The van der Waals surface area contributed by atoms with E-state index >= 15 is 0 Å². The zero-order valence-electron chi connectivity index (χ0n) is 14.1. The molecule has 0 radical (unpaired) electrons. The van der Waals surface area contributed by atoms with Gasteiger partial charge >= 0.3 is 7.48 Å². The summed E-state index contributed by atoms with van der Waals surface area (Å²) in [4.78, 5) is 0. The first-order valence-electron chi connectivity index (χ1n) is 7.89. The highest BCUT2D eigenvalue weighted by atomic mass is 16.5. The van der Waals surface area contributed by atoms with Crippen molar-refractivity contribution in [3.8, 4) is 5.69 Å². The number of benzene rings is 2. The third kappa shape index (κ3) is 3.07. The van der Waals surface area contributed by atoms with Crippen LogP contribution in [0.1, 0.15) is 27.7 Å². The van der Waals surface area contributed by atoms with E-state index in [1.165, 1.54) is 0 Å². The number of fused-ring (bicyclic) bond motifs is 1. The number of aromatic nitrogens is 2. The molecular formula is C18H23BN2O2. The van der Waals surface area contributed by atoms with Gasteiger partial charge in [-0.15, -0.1) is 0 Å². The van der Waals surface area contributed by atoms with Crippen LogP contribution in [0.15, 0.2) is 48.5 Å². The Morgan fingerprint density at radius 3 is 2.39 bits per heavy atom. The average molecular weight is 310 g/mol. The van der Waals surface area contributed by atoms with Gasteiger partial charge in [0.05, 0.1) is 27.9 Å². The Hall–Kier alpha value is -1.98. The van der Waals surface area contributed by atoms with Crippen molar-refractivity contribution in [2.75, 3.05) is 0 Å². The Morgan fingerprint density at radius 2 is 1.74 bits per heavy atom. The van der Waals surface area contributed by atoms with Crippen LogP contribution < -0.4 is 5.46 Å². The van der Waals surface area contributed by atoms with Crippen LogP contribution in [0.5, 0.6) is 0 Å². The number of hydrogen-bond donors (Lipinski definition) is 2. The van der Waals surface area contributed by atoms with Gasteiger partial charge in [0.15, 0.2) is 0 Å². The molecule has 4 nitrogen and oxygen atoms in total. The quantitative estimate of drug-likeness (QED) is 0.711. The maximum atomic E-state index is 10.2. The first-order valence-corrected chi connectivity index (χ1v) is 7.89. The minimum absolute atomic E-state index is 0.465. The Morgan fingerprint density at radius 1 is 1.04 bits per heavy atom. The Labute approximate surface area is 137 Å². The van der Waals surface area contributed by atoms with Crippen LogP contribution in [-0.4, -0.2) is 33.6 Å². The second-order valence-corrected chi connectivity index (χ2v) is 6.99. The summed E-state index contributed by atoms with van der Waals surface area (Å²) in [5.41, 5.74) is 2.92. The van der Waals surface area contributed by atoms with Crippen molar-refractivity contribution in [2.24, 2.45) is 0 Å². The Bertz CT molecular complexity index is 797. The molecular weight excluding hydrogens is 287 g/mol. The molecule has 23 heavy (non-hydrogen) atoms. The average Bonchev–Trinajstić information content (AvgIpc) is 2.47. The van der Waals surface area contributed by atoms with E-state index in [0.29, 0.717) is 7.48 Å². The number of rotatable bonds is 5. The smallest absolute Gasteiger partial charge is 0.309 e. The van der Waals surface area contributed by atoms with Gasteiger partial charge in [-0.1, -0.05) is 29.7 Å². The van der Waals surface area contributed by atoms with Crippen LogP contribution in [0.3, 0.4) is 0 Å². The third-order valence-corrected chi connectivity index (χ3v) is 4.62. The van der Waals surface area contributed by atoms with Crippen molar-refractivity contribution < 1.29 is 9.76 Å². The molecule has 0 unspecified atom stereocenters. The van der Waals surface area contributed by atoms with Crippen molar-refractivity contribution in [1.29, 1.82) is 0 Å². The molecule has 3 aromatic rings. The van der Waals surface area contributed by atoms with Crippen molar-refractivity contribution in [2.45, 2.75) is 38.9 Å². The normalized spacial score (nSPS) is 12.7. The molecule has 0 bridgehead atoms. The number of aliphatic hydroxyl groups is 1. The van der Waals surface area contributed by atoms with Gasteiger partial charge in [0.25, 0.3) is 0 Å². The second kappa shape index (κ2) is 5.58. The lowest BCUT2D eigenvalue weighted by molar-refractivity contribution is -0.0893. The molecule has 2 aromatic carbocycles. The number of para-hydroxylation sites is 1. The molecule has 5 heteroatoms. The van der Waals surface area contributed by atoms with Gasteiger partial charge in [-0.3, -0.25) is 9.78 Å². The fraction of sp³-hybridized carbons (Fsp3) is 0.333. The molecule has 0 aliphatic rings. The van der Waals surface area contributed by atoms with Crippen LogP contribution >= 0.6 is 0 Å².